The number of carboxylic acid groups (broad SMARTS) is 1. The van der Waals surface area contributed by atoms with Crippen LogP contribution in [0.4, 0.5) is 0 Å². The van der Waals surface area contributed by atoms with Crippen LogP contribution in [0.3, 0.4) is 0 Å². The number of aromatic nitrogens is 3. The molecular formula is C14H17N3O3. The van der Waals surface area contributed by atoms with Crippen LogP contribution in [0.15, 0.2) is 24.3 Å². The van der Waals surface area contributed by atoms with Gasteiger partial charge in [-0.2, -0.15) is 0 Å². The van der Waals surface area contributed by atoms with Crippen molar-refractivity contribution in [1.82, 2.24) is 15.0 Å². The molecule has 1 N–H and O–H groups in total. The Morgan fingerprint density at radius 1 is 1.35 bits per heavy atom. The Morgan fingerprint density at radius 2 is 2.00 bits per heavy atom. The fourth-order valence-corrected chi connectivity index (χ4v) is 1.97. The zero-order valence-corrected chi connectivity index (χ0v) is 11.7. The number of ether oxygens (including phenoxy) is 1. The Bertz CT molecular complexity index is 603. The van der Waals surface area contributed by atoms with E-state index in [9.17, 15) is 9.90 Å². The van der Waals surface area contributed by atoms with Crippen molar-refractivity contribution in [1.29, 1.82) is 0 Å². The van der Waals surface area contributed by atoms with Gasteiger partial charge in [-0.15, -0.1) is 5.10 Å². The number of hydrogen-bond acceptors (Lipinski definition) is 4. The molecule has 1 aromatic carbocycles. The van der Waals surface area contributed by atoms with Gasteiger partial charge in [0.15, 0.2) is 5.69 Å². The number of methoxy groups -OCH3 is 1. The Labute approximate surface area is 117 Å². The lowest BCUT2D eigenvalue weighted by Crippen LogP contribution is -2.09. The second-order valence-corrected chi connectivity index (χ2v) is 4.90. The maximum atomic E-state index is 11.2. The lowest BCUT2D eigenvalue weighted by Gasteiger charge is -2.09. The molecule has 6 nitrogen and oxygen atoms in total. The molecule has 1 aromatic heterocycles. The van der Waals surface area contributed by atoms with Crippen LogP contribution in [0.1, 0.15) is 30.0 Å². The van der Waals surface area contributed by atoms with Crippen molar-refractivity contribution in [2.45, 2.75) is 20.3 Å². The van der Waals surface area contributed by atoms with Gasteiger partial charge in [-0.3, -0.25) is 0 Å². The lowest BCUT2D eigenvalue weighted by atomic mass is 10.1. The third-order valence-electron chi connectivity index (χ3n) is 2.88. The van der Waals surface area contributed by atoms with E-state index in [1.807, 2.05) is 26.0 Å². The van der Waals surface area contributed by atoms with Crippen molar-refractivity contribution >= 4 is 5.97 Å². The molecule has 6 heteroatoms. The molecule has 0 aliphatic rings. The maximum Gasteiger partial charge on any atom is 0.358 e. The summed E-state index contributed by atoms with van der Waals surface area (Å²) >= 11 is 0. The standard InChI is InChI=1S/C14H17N3O3/c1-9(2)8-12-13(14(18)19)15-16-17(12)10-4-6-11(20-3)7-5-10/h4-7,9H,8H2,1-3H3,(H,18,19). The Morgan fingerprint density at radius 3 is 2.50 bits per heavy atom. The van der Waals surface area contributed by atoms with Crippen LogP contribution in [0.25, 0.3) is 5.69 Å². The highest BCUT2D eigenvalue weighted by atomic mass is 16.5. The van der Waals surface area contributed by atoms with E-state index in [4.69, 9.17) is 4.74 Å². The number of hydrogen-bond donors (Lipinski definition) is 1. The average molecular weight is 275 g/mol. The first kappa shape index (κ1) is 14.0. The van der Waals surface area contributed by atoms with Gasteiger partial charge in [0, 0.05) is 0 Å². The summed E-state index contributed by atoms with van der Waals surface area (Å²) in [5, 5.41) is 16.9. The molecular weight excluding hydrogens is 258 g/mol. The summed E-state index contributed by atoms with van der Waals surface area (Å²) in [5.41, 5.74) is 1.38. The third-order valence-corrected chi connectivity index (χ3v) is 2.88. The average Bonchev–Trinajstić information content (AvgIpc) is 2.82. The lowest BCUT2D eigenvalue weighted by molar-refractivity contribution is 0.0689. The summed E-state index contributed by atoms with van der Waals surface area (Å²) in [6, 6.07) is 7.25. The summed E-state index contributed by atoms with van der Waals surface area (Å²) < 4.78 is 6.68. The summed E-state index contributed by atoms with van der Waals surface area (Å²) in [5.74, 6) is -0.0123. The molecule has 0 saturated carbocycles. The SMILES string of the molecule is COc1ccc(-n2nnc(C(=O)O)c2CC(C)C)cc1. The minimum atomic E-state index is -1.06. The Kier molecular flexibility index (Phi) is 4.02. The zero-order valence-electron chi connectivity index (χ0n) is 11.7. The van der Waals surface area contributed by atoms with E-state index >= 15 is 0 Å². The minimum Gasteiger partial charge on any atom is -0.497 e. The van der Waals surface area contributed by atoms with Crippen LogP contribution in [0.5, 0.6) is 5.75 Å². The van der Waals surface area contributed by atoms with Gasteiger partial charge in [-0.25, -0.2) is 9.48 Å². The highest BCUT2D eigenvalue weighted by molar-refractivity contribution is 5.86. The fraction of sp³-hybridized carbons (Fsp3) is 0.357. The van der Waals surface area contributed by atoms with Crippen LogP contribution in [0, 0.1) is 5.92 Å². The monoisotopic (exact) mass is 275 g/mol. The molecule has 20 heavy (non-hydrogen) atoms. The molecule has 0 amide bonds. The number of carbonyl (C=O) groups is 1. The first-order valence-corrected chi connectivity index (χ1v) is 6.35. The van der Waals surface area contributed by atoms with E-state index in [1.54, 1.807) is 23.9 Å². The van der Waals surface area contributed by atoms with Crippen LogP contribution < -0.4 is 4.74 Å². The first-order chi connectivity index (χ1) is 9.52. The van der Waals surface area contributed by atoms with Gasteiger partial charge in [0.05, 0.1) is 18.5 Å². The molecule has 106 valence electrons. The summed E-state index contributed by atoms with van der Waals surface area (Å²) in [7, 11) is 1.59. The minimum absolute atomic E-state index is 0.00881. The molecule has 0 saturated heterocycles. The van der Waals surface area contributed by atoms with Gasteiger partial charge >= 0.3 is 5.97 Å². The molecule has 0 fully saturated rings. The molecule has 0 aliphatic heterocycles. The highest BCUT2D eigenvalue weighted by Gasteiger charge is 2.20. The van der Waals surface area contributed by atoms with Gasteiger partial charge < -0.3 is 9.84 Å². The second-order valence-electron chi connectivity index (χ2n) is 4.90. The zero-order chi connectivity index (χ0) is 14.7. The summed E-state index contributed by atoms with van der Waals surface area (Å²) in [4.78, 5) is 11.2. The Hall–Kier alpha value is -2.37. The highest BCUT2D eigenvalue weighted by Crippen LogP contribution is 2.19. The van der Waals surface area contributed by atoms with Crippen molar-refractivity contribution in [2.24, 2.45) is 5.92 Å². The fourth-order valence-electron chi connectivity index (χ4n) is 1.97. The first-order valence-electron chi connectivity index (χ1n) is 6.35. The molecule has 2 aromatic rings. The molecule has 0 atom stereocenters. The quantitative estimate of drug-likeness (QED) is 0.904. The maximum absolute atomic E-state index is 11.2. The van der Waals surface area contributed by atoms with Crippen molar-refractivity contribution in [3.8, 4) is 11.4 Å². The van der Waals surface area contributed by atoms with Crippen LogP contribution in [-0.4, -0.2) is 33.2 Å². The van der Waals surface area contributed by atoms with Crippen molar-refractivity contribution in [2.75, 3.05) is 7.11 Å². The number of nitrogens with zero attached hydrogens (tertiary/aromatic N) is 3. The normalized spacial score (nSPS) is 10.8. The summed E-state index contributed by atoms with van der Waals surface area (Å²) in [6.45, 7) is 4.05. The number of rotatable bonds is 5. The van der Waals surface area contributed by atoms with Crippen molar-refractivity contribution in [3.05, 3.63) is 35.7 Å². The second kappa shape index (κ2) is 5.73. The van der Waals surface area contributed by atoms with Crippen molar-refractivity contribution < 1.29 is 14.6 Å². The topological polar surface area (TPSA) is 77.2 Å². The van der Waals surface area contributed by atoms with E-state index in [-0.39, 0.29) is 5.69 Å². The molecule has 0 bridgehead atoms. The van der Waals surface area contributed by atoms with Crippen LogP contribution in [0.2, 0.25) is 0 Å². The van der Waals surface area contributed by atoms with Gasteiger partial charge in [0.2, 0.25) is 0 Å². The van der Waals surface area contributed by atoms with E-state index in [1.165, 1.54) is 0 Å². The van der Waals surface area contributed by atoms with E-state index in [2.05, 4.69) is 10.3 Å². The Balaban J connectivity index is 2.46. The van der Waals surface area contributed by atoms with E-state index < -0.39 is 5.97 Å². The van der Waals surface area contributed by atoms with Gasteiger partial charge in [-0.05, 0) is 36.6 Å². The largest absolute Gasteiger partial charge is 0.497 e. The van der Waals surface area contributed by atoms with E-state index in [0.717, 1.165) is 11.4 Å². The number of carboxylic acids is 1. The molecule has 0 unspecified atom stereocenters. The van der Waals surface area contributed by atoms with Crippen molar-refractivity contribution in [3.63, 3.8) is 0 Å². The van der Waals surface area contributed by atoms with Gasteiger partial charge in [0.25, 0.3) is 0 Å². The van der Waals surface area contributed by atoms with E-state index in [0.29, 0.717) is 18.0 Å². The number of aromatic carboxylic acids is 1. The van der Waals surface area contributed by atoms with Crippen LogP contribution in [-0.2, 0) is 6.42 Å². The van der Waals surface area contributed by atoms with Gasteiger partial charge in [0.1, 0.15) is 5.75 Å². The number of benzene rings is 1. The molecule has 0 aliphatic carbocycles. The predicted octanol–water partition coefficient (Wildman–Crippen LogP) is 2.17. The molecule has 2 rings (SSSR count). The summed E-state index contributed by atoms with van der Waals surface area (Å²) in [6.07, 6.45) is 0.598. The smallest absolute Gasteiger partial charge is 0.358 e. The molecule has 0 spiro atoms. The molecule has 1 heterocycles. The third kappa shape index (κ3) is 2.79. The van der Waals surface area contributed by atoms with Crippen LogP contribution >= 0.6 is 0 Å². The van der Waals surface area contributed by atoms with Gasteiger partial charge in [-0.1, -0.05) is 19.1 Å². The molecule has 0 radical (unpaired) electrons. The predicted molar refractivity (Wildman–Crippen MR) is 73.4 cm³/mol.